The average Bonchev–Trinajstić information content (AvgIpc) is 2.38. The number of aromatic nitrogens is 3. The molecule has 5 nitrogen and oxygen atoms in total. The van der Waals surface area contributed by atoms with Gasteiger partial charge < -0.3 is 10.1 Å². The van der Waals surface area contributed by atoms with Gasteiger partial charge in [0.2, 0.25) is 11.2 Å². The first-order valence-corrected chi connectivity index (χ1v) is 7.39. The fourth-order valence-corrected chi connectivity index (χ4v) is 2.59. The minimum absolute atomic E-state index is 0.00479. The van der Waals surface area contributed by atoms with Gasteiger partial charge in [0, 0.05) is 12.5 Å². The Kier molecular flexibility index (Phi) is 3.92. The van der Waals surface area contributed by atoms with Crippen LogP contribution >= 0.6 is 11.6 Å². The molecule has 0 amide bonds. The van der Waals surface area contributed by atoms with Crippen LogP contribution in [0.1, 0.15) is 30.9 Å². The highest BCUT2D eigenvalue weighted by molar-refractivity contribution is 6.28. The topological polar surface area (TPSA) is 59.9 Å². The fourth-order valence-electron chi connectivity index (χ4n) is 2.43. The van der Waals surface area contributed by atoms with Crippen LogP contribution in [0.4, 0.5) is 5.95 Å². The van der Waals surface area contributed by atoms with Crippen LogP contribution < -0.4 is 10.1 Å². The van der Waals surface area contributed by atoms with E-state index in [1.54, 1.807) is 0 Å². The molecule has 1 aliphatic carbocycles. The van der Waals surface area contributed by atoms with Crippen LogP contribution in [0.3, 0.4) is 0 Å². The minimum atomic E-state index is -0.00479. The molecule has 6 heteroatoms. The lowest BCUT2D eigenvalue weighted by atomic mass is 9.78. The molecule has 21 heavy (non-hydrogen) atoms. The quantitative estimate of drug-likeness (QED) is 0.920. The van der Waals surface area contributed by atoms with Crippen molar-refractivity contribution in [2.24, 2.45) is 0 Å². The summed E-state index contributed by atoms with van der Waals surface area (Å²) in [7, 11) is 0. The molecule has 1 unspecified atom stereocenters. The lowest BCUT2D eigenvalue weighted by Crippen LogP contribution is -2.25. The molecule has 1 heterocycles. The number of hydrogen-bond acceptors (Lipinski definition) is 5. The Balaban J connectivity index is 1.65. The van der Waals surface area contributed by atoms with Crippen molar-refractivity contribution in [1.29, 1.82) is 0 Å². The Morgan fingerprint density at radius 1 is 1.29 bits per heavy atom. The van der Waals surface area contributed by atoms with Crippen LogP contribution in [0.25, 0.3) is 0 Å². The Morgan fingerprint density at radius 3 is 2.86 bits per heavy atom. The van der Waals surface area contributed by atoms with Crippen molar-refractivity contribution in [2.45, 2.75) is 32.3 Å². The number of nitrogens with one attached hydrogen (secondary N) is 1. The number of anilines is 1. The number of hydrogen-bond donors (Lipinski definition) is 1. The molecular formula is C15H17ClN4O. The largest absolute Gasteiger partial charge is 0.461 e. The van der Waals surface area contributed by atoms with Gasteiger partial charge in [-0.2, -0.15) is 15.0 Å². The van der Waals surface area contributed by atoms with E-state index in [0.29, 0.717) is 11.9 Å². The zero-order chi connectivity index (χ0) is 14.8. The van der Waals surface area contributed by atoms with Crippen LogP contribution in [0.15, 0.2) is 24.3 Å². The SMILES string of the molecule is CC(C)Oc1nc(Cl)nc(NCC2Cc3ccccc32)n1. The monoisotopic (exact) mass is 304 g/mol. The second-order valence-electron chi connectivity index (χ2n) is 5.36. The third kappa shape index (κ3) is 3.24. The van der Waals surface area contributed by atoms with Crippen LogP contribution in [-0.2, 0) is 6.42 Å². The summed E-state index contributed by atoms with van der Waals surface area (Å²) in [5, 5.41) is 3.35. The van der Waals surface area contributed by atoms with E-state index in [0.717, 1.165) is 13.0 Å². The first-order valence-electron chi connectivity index (χ1n) is 7.01. The van der Waals surface area contributed by atoms with E-state index < -0.39 is 0 Å². The molecule has 0 spiro atoms. The van der Waals surface area contributed by atoms with E-state index in [4.69, 9.17) is 16.3 Å². The first-order chi connectivity index (χ1) is 10.1. The molecule has 0 fully saturated rings. The standard InChI is InChI=1S/C15H17ClN4O/c1-9(2)21-15-19-13(16)18-14(20-15)17-8-11-7-10-5-3-4-6-12(10)11/h3-6,9,11H,7-8H2,1-2H3,(H,17,18,19,20). The summed E-state index contributed by atoms with van der Waals surface area (Å²) in [6.07, 6.45) is 1.08. The summed E-state index contributed by atoms with van der Waals surface area (Å²) in [5.41, 5.74) is 2.81. The average molecular weight is 305 g/mol. The van der Waals surface area contributed by atoms with Crippen molar-refractivity contribution >= 4 is 17.5 Å². The van der Waals surface area contributed by atoms with Gasteiger partial charge in [0.1, 0.15) is 0 Å². The maximum absolute atomic E-state index is 5.90. The molecule has 0 radical (unpaired) electrons. The Morgan fingerprint density at radius 2 is 2.10 bits per heavy atom. The van der Waals surface area contributed by atoms with Crippen LogP contribution in [-0.4, -0.2) is 27.6 Å². The van der Waals surface area contributed by atoms with Crippen LogP contribution in [0.5, 0.6) is 6.01 Å². The molecule has 0 aliphatic heterocycles. The van der Waals surface area contributed by atoms with Crippen molar-refractivity contribution in [1.82, 2.24) is 15.0 Å². The van der Waals surface area contributed by atoms with Gasteiger partial charge in [-0.25, -0.2) is 0 Å². The number of nitrogens with zero attached hydrogens (tertiary/aromatic N) is 3. The highest BCUT2D eigenvalue weighted by Gasteiger charge is 2.25. The smallest absolute Gasteiger partial charge is 0.322 e. The van der Waals surface area contributed by atoms with E-state index in [-0.39, 0.29) is 17.4 Å². The summed E-state index contributed by atoms with van der Waals surface area (Å²) in [4.78, 5) is 12.3. The van der Waals surface area contributed by atoms with E-state index in [9.17, 15) is 0 Å². The second kappa shape index (κ2) is 5.85. The number of fused-ring (bicyclic) bond motifs is 1. The molecule has 1 N–H and O–H groups in total. The summed E-state index contributed by atoms with van der Waals surface area (Å²) < 4.78 is 5.45. The molecule has 3 rings (SSSR count). The Hall–Kier alpha value is -1.88. The highest BCUT2D eigenvalue weighted by Crippen LogP contribution is 2.34. The lowest BCUT2D eigenvalue weighted by Gasteiger charge is -2.30. The molecule has 1 aromatic heterocycles. The summed E-state index contributed by atoms with van der Waals surface area (Å²) in [6.45, 7) is 4.60. The maximum atomic E-state index is 5.90. The minimum Gasteiger partial charge on any atom is -0.461 e. The Bertz CT molecular complexity index is 647. The number of ether oxygens (including phenoxy) is 1. The van der Waals surface area contributed by atoms with Crippen LogP contribution in [0, 0.1) is 0 Å². The fraction of sp³-hybridized carbons (Fsp3) is 0.400. The summed E-state index contributed by atoms with van der Waals surface area (Å²) >= 11 is 5.90. The highest BCUT2D eigenvalue weighted by atomic mass is 35.5. The lowest BCUT2D eigenvalue weighted by molar-refractivity contribution is 0.222. The molecule has 0 saturated heterocycles. The van der Waals surface area contributed by atoms with Crippen molar-refractivity contribution in [3.05, 3.63) is 40.7 Å². The van der Waals surface area contributed by atoms with Crippen molar-refractivity contribution < 1.29 is 4.74 Å². The predicted molar refractivity (Wildman–Crippen MR) is 82.0 cm³/mol. The van der Waals surface area contributed by atoms with Gasteiger partial charge in [0.15, 0.2) is 0 Å². The molecule has 1 atom stereocenters. The maximum Gasteiger partial charge on any atom is 0.322 e. The second-order valence-corrected chi connectivity index (χ2v) is 5.70. The predicted octanol–water partition coefficient (Wildman–Crippen LogP) is 3.06. The van der Waals surface area contributed by atoms with E-state index in [1.807, 2.05) is 13.8 Å². The van der Waals surface area contributed by atoms with Gasteiger partial charge in [-0.05, 0) is 43.0 Å². The third-order valence-electron chi connectivity index (χ3n) is 3.40. The van der Waals surface area contributed by atoms with E-state index in [2.05, 4.69) is 44.5 Å². The zero-order valence-electron chi connectivity index (χ0n) is 12.0. The first kappa shape index (κ1) is 14.1. The summed E-state index contributed by atoms with van der Waals surface area (Å²) in [5.74, 6) is 0.946. The molecule has 2 aromatic rings. The molecule has 110 valence electrons. The molecule has 0 bridgehead atoms. The number of halogens is 1. The molecule has 1 aromatic carbocycles. The van der Waals surface area contributed by atoms with Crippen molar-refractivity contribution in [2.75, 3.05) is 11.9 Å². The summed E-state index contributed by atoms with van der Waals surface area (Å²) in [6, 6.07) is 8.73. The van der Waals surface area contributed by atoms with Gasteiger partial charge in [-0.1, -0.05) is 24.3 Å². The van der Waals surface area contributed by atoms with Gasteiger partial charge in [0.25, 0.3) is 0 Å². The molecule has 1 aliphatic rings. The van der Waals surface area contributed by atoms with Crippen molar-refractivity contribution in [3.63, 3.8) is 0 Å². The van der Waals surface area contributed by atoms with Crippen LogP contribution in [0.2, 0.25) is 5.28 Å². The number of benzene rings is 1. The van der Waals surface area contributed by atoms with Crippen molar-refractivity contribution in [3.8, 4) is 6.01 Å². The van der Waals surface area contributed by atoms with Gasteiger partial charge in [-0.3, -0.25) is 0 Å². The zero-order valence-corrected chi connectivity index (χ0v) is 12.8. The Labute approximate surface area is 128 Å². The normalized spacial score (nSPS) is 16.3. The molecular weight excluding hydrogens is 288 g/mol. The van der Waals surface area contributed by atoms with Gasteiger partial charge >= 0.3 is 6.01 Å². The van der Waals surface area contributed by atoms with E-state index >= 15 is 0 Å². The van der Waals surface area contributed by atoms with Gasteiger partial charge in [0.05, 0.1) is 6.10 Å². The van der Waals surface area contributed by atoms with Gasteiger partial charge in [-0.15, -0.1) is 0 Å². The van der Waals surface area contributed by atoms with E-state index in [1.165, 1.54) is 11.1 Å². The third-order valence-corrected chi connectivity index (χ3v) is 3.57. The molecule has 0 saturated carbocycles. The number of rotatable bonds is 5.